The molecule has 178 valence electrons. The Morgan fingerprint density at radius 3 is 2.57 bits per heavy atom. The molecule has 0 amide bonds. The van der Waals surface area contributed by atoms with Gasteiger partial charge in [-0.2, -0.15) is 18.3 Å². The van der Waals surface area contributed by atoms with Gasteiger partial charge in [0, 0.05) is 34.8 Å². The van der Waals surface area contributed by atoms with Gasteiger partial charge in [-0.05, 0) is 29.8 Å². The normalized spacial score (nSPS) is 11.9. The molecule has 0 aliphatic heterocycles. The number of carboxylic acids is 1. The van der Waals surface area contributed by atoms with Crippen LogP contribution in [0.4, 0.5) is 13.2 Å². The van der Waals surface area contributed by atoms with Crippen LogP contribution in [0.3, 0.4) is 0 Å². The number of nitrogens with zero attached hydrogens (tertiary/aromatic N) is 2. The summed E-state index contributed by atoms with van der Waals surface area (Å²) in [5.41, 5.74) is 3.17. The average Bonchev–Trinajstić information content (AvgIpc) is 3.55. The van der Waals surface area contributed by atoms with Gasteiger partial charge in [-0.1, -0.05) is 48.0 Å². The summed E-state index contributed by atoms with van der Waals surface area (Å²) < 4.78 is 43.1. The van der Waals surface area contributed by atoms with E-state index < -0.39 is 17.0 Å². The zero-order chi connectivity index (χ0) is 24.7. The fraction of sp³-hybridized carbons (Fsp3) is 0.120. The zero-order valence-corrected chi connectivity index (χ0v) is 19.5. The highest BCUT2D eigenvalue weighted by molar-refractivity contribution is 7.16. The first-order valence-electron chi connectivity index (χ1n) is 10.5. The Hall–Kier alpha value is -3.56. The molecule has 0 spiro atoms. The molecule has 5 aromatic rings. The number of fused-ring (bicyclic) bond motifs is 1. The lowest BCUT2D eigenvalue weighted by atomic mass is 10.1. The summed E-state index contributed by atoms with van der Waals surface area (Å²) in [5, 5.41) is 17.3. The van der Waals surface area contributed by atoms with E-state index in [2.05, 4.69) is 10.2 Å². The summed E-state index contributed by atoms with van der Waals surface area (Å²) in [6.45, 7) is 0.286. The number of rotatable bonds is 6. The predicted molar refractivity (Wildman–Crippen MR) is 131 cm³/mol. The third-order valence-electron chi connectivity index (χ3n) is 5.61. The van der Waals surface area contributed by atoms with Crippen molar-refractivity contribution in [3.8, 4) is 33.0 Å². The first-order valence-corrected chi connectivity index (χ1v) is 11.7. The number of aromatic amines is 1. The van der Waals surface area contributed by atoms with E-state index in [0.717, 1.165) is 16.5 Å². The van der Waals surface area contributed by atoms with E-state index in [-0.39, 0.29) is 18.5 Å². The van der Waals surface area contributed by atoms with Crippen molar-refractivity contribution in [3.05, 3.63) is 76.8 Å². The summed E-state index contributed by atoms with van der Waals surface area (Å²) in [5.74, 6) is -0.902. The summed E-state index contributed by atoms with van der Waals surface area (Å²) >= 11 is 7.04. The SMILES string of the molecule is O=C(O)CCn1cc(Cl)c2cc(-c3cc(-c4cc(-c5ccccc5)c(C(F)(F)F)s4)[nH]n3)ccc21. The van der Waals surface area contributed by atoms with Crippen LogP contribution in [0.1, 0.15) is 11.3 Å². The van der Waals surface area contributed by atoms with Gasteiger partial charge in [0.2, 0.25) is 0 Å². The van der Waals surface area contributed by atoms with Gasteiger partial charge in [-0.15, -0.1) is 11.3 Å². The first-order chi connectivity index (χ1) is 16.7. The average molecular weight is 516 g/mol. The predicted octanol–water partition coefficient (Wildman–Crippen LogP) is 7.57. The van der Waals surface area contributed by atoms with E-state index in [9.17, 15) is 18.0 Å². The number of H-pyrrole nitrogens is 1. The van der Waals surface area contributed by atoms with E-state index in [1.165, 1.54) is 6.07 Å². The van der Waals surface area contributed by atoms with Gasteiger partial charge in [0.15, 0.2) is 0 Å². The second kappa shape index (κ2) is 8.90. The fourth-order valence-corrected chi connectivity index (χ4v) is 5.26. The lowest BCUT2D eigenvalue weighted by molar-refractivity contribution is -0.137. The Bertz CT molecular complexity index is 1540. The van der Waals surface area contributed by atoms with Crippen molar-refractivity contribution >= 4 is 39.8 Å². The molecule has 5 nitrogen and oxygen atoms in total. The maximum absolute atomic E-state index is 13.8. The van der Waals surface area contributed by atoms with E-state index in [1.54, 1.807) is 47.2 Å². The topological polar surface area (TPSA) is 70.9 Å². The van der Waals surface area contributed by atoms with Crippen LogP contribution in [0.25, 0.3) is 43.9 Å². The van der Waals surface area contributed by atoms with E-state index in [1.807, 2.05) is 18.2 Å². The van der Waals surface area contributed by atoms with E-state index in [0.29, 0.717) is 38.2 Å². The van der Waals surface area contributed by atoms with Gasteiger partial charge >= 0.3 is 12.1 Å². The Kier molecular flexibility index (Phi) is 5.90. The Morgan fingerprint density at radius 2 is 1.86 bits per heavy atom. The molecule has 3 aromatic heterocycles. The highest BCUT2D eigenvalue weighted by Crippen LogP contribution is 2.45. The number of carbonyl (C=O) groups is 1. The van der Waals surface area contributed by atoms with Crippen molar-refractivity contribution in [1.29, 1.82) is 0 Å². The molecule has 0 fully saturated rings. The zero-order valence-electron chi connectivity index (χ0n) is 17.9. The van der Waals surface area contributed by atoms with Crippen LogP contribution in [0, 0.1) is 0 Å². The molecule has 0 aliphatic rings. The molecule has 0 radical (unpaired) electrons. The van der Waals surface area contributed by atoms with Crippen molar-refractivity contribution in [3.63, 3.8) is 0 Å². The molecular formula is C25H17ClF3N3O2S. The quantitative estimate of drug-likeness (QED) is 0.245. The largest absolute Gasteiger partial charge is 0.481 e. The van der Waals surface area contributed by atoms with E-state index in [4.69, 9.17) is 16.7 Å². The molecule has 0 saturated heterocycles. The van der Waals surface area contributed by atoms with Gasteiger partial charge < -0.3 is 9.67 Å². The van der Waals surface area contributed by atoms with Crippen LogP contribution in [0.5, 0.6) is 0 Å². The Morgan fingerprint density at radius 1 is 1.09 bits per heavy atom. The molecular weight excluding hydrogens is 499 g/mol. The number of nitrogens with one attached hydrogen (secondary N) is 1. The molecule has 0 saturated carbocycles. The molecule has 0 atom stereocenters. The summed E-state index contributed by atoms with van der Waals surface area (Å²) in [6.07, 6.45) is -2.83. The van der Waals surface area contributed by atoms with Crippen LogP contribution in [-0.2, 0) is 17.5 Å². The molecule has 0 aliphatic carbocycles. The maximum atomic E-state index is 13.8. The second-order valence-corrected chi connectivity index (χ2v) is 9.39. The summed E-state index contributed by atoms with van der Waals surface area (Å²) in [4.78, 5) is 10.7. The minimum Gasteiger partial charge on any atom is -0.481 e. The molecule has 35 heavy (non-hydrogen) atoms. The lowest BCUT2D eigenvalue weighted by Crippen LogP contribution is -2.03. The lowest BCUT2D eigenvalue weighted by Gasteiger charge is -2.07. The molecule has 0 bridgehead atoms. The Labute approximate surface area is 206 Å². The smallest absolute Gasteiger partial charge is 0.426 e. The van der Waals surface area contributed by atoms with Crippen LogP contribution in [0.2, 0.25) is 5.02 Å². The fourth-order valence-electron chi connectivity index (χ4n) is 3.98. The molecule has 10 heteroatoms. The minimum absolute atomic E-state index is 0.0315. The van der Waals surface area contributed by atoms with Crippen molar-refractivity contribution in [2.24, 2.45) is 0 Å². The number of hydrogen-bond acceptors (Lipinski definition) is 3. The number of hydrogen-bond donors (Lipinski definition) is 2. The number of alkyl halides is 3. The molecule has 2 aromatic carbocycles. The highest BCUT2D eigenvalue weighted by Gasteiger charge is 2.36. The van der Waals surface area contributed by atoms with Crippen molar-refractivity contribution in [2.75, 3.05) is 0 Å². The number of carboxylic acid groups (broad SMARTS) is 1. The van der Waals surface area contributed by atoms with Gasteiger partial charge in [-0.25, -0.2) is 0 Å². The number of benzene rings is 2. The summed E-state index contributed by atoms with van der Waals surface area (Å²) in [6, 6.07) is 17.2. The van der Waals surface area contributed by atoms with Gasteiger partial charge in [-0.3, -0.25) is 9.89 Å². The number of aromatic nitrogens is 3. The molecule has 3 heterocycles. The van der Waals surface area contributed by atoms with Crippen molar-refractivity contribution in [2.45, 2.75) is 19.1 Å². The monoisotopic (exact) mass is 515 g/mol. The third kappa shape index (κ3) is 4.56. The first kappa shape index (κ1) is 23.2. The van der Waals surface area contributed by atoms with Crippen LogP contribution in [0.15, 0.2) is 66.9 Å². The minimum atomic E-state index is -4.48. The highest BCUT2D eigenvalue weighted by atomic mass is 35.5. The van der Waals surface area contributed by atoms with Gasteiger partial charge in [0.05, 0.1) is 27.7 Å². The van der Waals surface area contributed by atoms with Gasteiger partial charge in [0.1, 0.15) is 4.88 Å². The number of aryl methyl sites for hydroxylation is 1. The number of thiophene rings is 1. The van der Waals surface area contributed by atoms with Crippen LogP contribution >= 0.6 is 22.9 Å². The number of halogens is 4. The second-order valence-electron chi connectivity index (χ2n) is 7.93. The van der Waals surface area contributed by atoms with Crippen molar-refractivity contribution in [1.82, 2.24) is 14.8 Å². The Balaban J connectivity index is 1.50. The van der Waals surface area contributed by atoms with E-state index >= 15 is 0 Å². The maximum Gasteiger partial charge on any atom is 0.426 e. The molecule has 5 rings (SSSR count). The standard InChI is InChI=1S/C25H17ClF3N3O2S/c26-18-13-32(9-8-23(33)34)21-7-6-15(10-17(18)21)19-12-20(31-30-19)22-11-16(14-4-2-1-3-5-14)24(35-22)25(27,28)29/h1-7,10-13H,8-9H2,(H,30,31)(H,33,34). The molecule has 0 unspecified atom stereocenters. The number of aliphatic carboxylic acids is 1. The van der Waals surface area contributed by atoms with Crippen molar-refractivity contribution < 1.29 is 23.1 Å². The third-order valence-corrected chi connectivity index (χ3v) is 7.13. The van der Waals surface area contributed by atoms with Gasteiger partial charge in [0.25, 0.3) is 0 Å². The van der Waals surface area contributed by atoms with Crippen LogP contribution < -0.4 is 0 Å². The van der Waals surface area contributed by atoms with Crippen LogP contribution in [-0.4, -0.2) is 25.8 Å². The molecule has 2 N–H and O–H groups in total. The summed E-state index contributed by atoms with van der Waals surface area (Å²) in [7, 11) is 0.